The van der Waals surface area contributed by atoms with Gasteiger partial charge < -0.3 is 24.5 Å². The lowest BCUT2D eigenvalue weighted by atomic mass is 9.97. The molecule has 9 heteroatoms. The summed E-state index contributed by atoms with van der Waals surface area (Å²) in [5, 5.41) is 0.575. The lowest BCUT2D eigenvalue weighted by molar-refractivity contribution is 0.0378. The quantitative estimate of drug-likeness (QED) is 0.633. The number of oxazole rings is 1. The second kappa shape index (κ2) is 7.41. The molecule has 4 heterocycles. The third kappa shape index (κ3) is 3.33. The Morgan fingerprint density at radius 1 is 1.37 bits per heavy atom. The number of rotatable bonds is 4. The van der Waals surface area contributed by atoms with Gasteiger partial charge in [0, 0.05) is 12.0 Å². The van der Waals surface area contributed by atoms with Crippen LogP contribution in [0.5, 0.6) is 0 Å². The van der Waals surface area contributed by atoms with E-state index in [9.17, 15) is 4.79 Å². The molecule has 2 atom stereocenters. The van der Waals surface area contributed by atoms with E-state index in [0.717, 1.165) is 22.6 Å². The van der Waals surface area contributed by atoms with Crippen LogP contribution in [0.25, 0.3) is 11.3 Å². The number of benzene rings is 1. The number of morpholine rings is 1. The first-order chi connectivity index (χ1) is 14.5. The summed E-state index contributed by atoms with van der Waals surface area (Å²) in [6.45, 7) is 4.78. The second-order valence-electron chi connectivity index (χ2n) is 7.72. The van der Waals surface area contributed by atoms with E-state index in [1.165, 1.54) is 11.3 Å². The van der Waals surface area contributed by atoms with Crippen molar-refractivity contribution in [1.29, 1.82) is 0 Å². The maximum Gasteiger partial charge on any atom is 0.338 e. The first-order valence-electron chi connectivity index (χ1n) is 9.88. The number of ether oxygens (including phenoxy) is 2. The number of anilines is 2. The molecule has 30 heavy (non-hydrogen) atoms. The summed E-state index contributed by atoms with van der Waals surface area (Å²) < 4.78 is 17.2. The van der Waals surface area contributed by atoms with E-state index in [1.54, 1.807) is 18.3 Å². The van der Waals surface area contributed by atoms with E-state index in [1.807, 2.05) is 26.0 Å². The molecule has 0 amide bonds. The zero-order valence-corrected chi connectivity index (χ0v) is 17.5. The minimum absolute atomic E-state index is 0.0128. The first-order valence-corrected chi connectivity index (χ1v) is 10.7. The molecule has 5 rings (SSSR count). The second-order valence-corrected chi connectivity index (χ2v) is 8.79. The fourth-order valence-corrected chi connectivity index (χ4v) is 4.94. The van der Waals surface area contributed by atoms with Crippen molar-refractivity contribution in [1.82, 2.24) is 9.97 Å². The highest BCUT2D eigenvalue weighted by Gasteiger charge is 2.42. The minimum atomic E-state index is -0.357. The van der Waals surface area contributed by atoms with Crippen LogP contribution >= 0.6 is 11.3 Å². The van der Waals surface area contributed by atoms with Crippen LogP contribution in [-0.2, 0) is 15.9 Å². The molecule has 2 aromatic heterocycles. The van der Waals surface area contributed by atoms with Crippen LogP contribution in [0.1, 0.15) is 40.8 Å². The number of thiazole rings is 1. The topological polar surface area (TPSA) is 104 Å². The normalized spacial score (nSPS) is 20.3. The Hall–Kier alpha value is -2.91. The predicted octanol–water partition coefficient (Wildman–Crippen LogP) is 3.45. The van der Waals surface area contributed by atoms with Crippen LogP contribution in [0, 0.1) is 0 Å². The Bertz CT molecular complexity index is 1090. The molecule has 0 radical (unpaired) electrons. The van der Waals surface area contributed by atoms with E-state index in [-0.39, 0.29) is 24.2 Å². The third-order valence-electron chi connectivity index (χ3n) is 5.23. The fourth-order valence-electron chi connectivity index (χ4n) is 3.99. The Kier molecular flexibility index (Phi) is 4.71. The molecule has 1 fully saturated rings. The number of hydrogen-bond donors (Lipinski definition) is 1. The van der Waals surface area contributed by atoms with Gasteiger partial charge in [0.2, 0.25) is 0 Å². The monoisotopic (exact) mass is 426 g/mol. The lowest BCUT2D eigenvalue weighted by Crippen LogP contribution is -2.51. The van der Waals surface area contributed by atoms with E-state index in [2.05, 4.69) is 14.9 Å². The third-order valence-corrected chi connectivity index (χ3v) is 6.26. The van der Waals surface area contributed by atoms with Gasteiger partial charge in [0.25, 0.3) is 6.01 Å². The number of hydrogen-bond acceptors (Lipinski definition) is 9. The summed E-state index contributed by atoms with van der Waals surface area (Å²) in [5.41, 5.74) is 8.25. The molecule has 2 aliphatic heterocycles. The first kappa shape index (κ1) is 19.1. The van der Waals surface area contributed by atoms with Crippen LogP contribution in [0.4, 0.5) is 11.1 Å². The number of nitrogen functional groups attached to an aromatic ring is 1. The molecule has 1 saturated heterocycles. The molecule has 2 aliphatic rings. The van der Waals surface area contributed by atoms with Crippen molar-refractivity contribution < 1.29 is 18.7 Å². The van der Waals surface area contributed by atoms with Crippen molar-refractivity contribution >= 4 is 28.5 Å². The molecule has 0 spiro atoms. The molecule has 2 N–H and O–H groups in total. The van der Waals surface area contributed by atoms with E-state index < -0.39 is 0 Å². The van der Waals surface area contributed by atoms with Gasteiger partial charge >= 0.3 is 5.97 Å². The average Bonchev–Trinajstić information content (AvgIpc) is 3.34. The number of carbonyl (C=O) groups excluding carboxylic acids is 1. The Morgan fingerprint density at radius 3 is 3.07 bits per heavy atom. The summed E-state index contributed by atoms with van der Waals surface area (Å²) in [7, 11) is 0. The SMILES string of the molecule is CC(C)OC(=O)c1cccc(-c2cnc(N3[C@@H]4COC[C@H]3c3sc(N)nc3C4)o2)c1. The van der Waals surface area contributed by atoms with Gasteiger partial charge in [-0.3, -0.25) is 0 Å². The lowest BCUT2D eigenvalue weighted by Gasteiger charge is -2.43. The van der Waals surface area contributed by atoms with Crippen LogP contribution in [0.3, 0.4) is 0 Å². The molecule has 0 unspecified atom stereocenters. The van der Waals surface area contributed by atoms with Gasteiger partial charge in [-0.15, -0.1) is 0 Å². The van der Waals surface area contributed by atoms with E-state index in [4.69, 9.17) is 19.6 Å². The van der Waals surface area contributed by atoms with Crippen molar-refractivity contribution in [3.05, 3.63) is 46.6 Å². The predicted molar refractivity (Wildman–Crippen MR) is 113 cm³/mol. The molecule has 1 aromatic carbocycles. The largest absolute Gasteiger partial charge is 0.459 e. The van der Waals surface area contributed by atoms with Crippen molar-refractivity contribution in [2.75, 3.05) is 23.8 Å². The zero-order chi connectivity index (χ0) is 20.8. The standard InChI is InChI=1S/C21H22N4O4S/c1-11(2)28-19(26)13-5-3-4-12(6-13)17-8-23-21(29-17)25-14-7-15-18(30-20(22)24-15)16(25)10-27-9-14/h3-6,8,11,14,16H,7,9-10H2,1-2H3,(H2,22,24)/t14-,16-/m0/s1. The molecule has 0 aliphatic carbocycles. The number of aromatic nitrogens is 2. The highest BCUT2D eigenvalue weighted by molar-refractivity contribution is 7.15. The molecule has 0 saturated carbocycles. The van der Waals surface area contributed by atoms with Crippen LogP contribution < -0.4 is 10.6 Å². The van der Waals surface area contributed by atoms with Crippen LogP contribution in [0.2, 0.25) is 0 Å². The highest BCUT2D eigenvalue weighted by Crippen LogP contribution is 2.43. The Balaban J connectivity index is 1.44. The molecular weight excluding hydrogens is 404 g/mol. The number of nitrogens with zero attached hydrogens (tertiary/aromatic N) is 3. The fraction of sp³-hybridized carbons (Fsp3) is 0.381. The smallest absolute Gasteiger partial charge is 0.338 e. The van der Waals surface area contributed by atoms with Crippen molar-refractivity contribution in [2.24, 2.45) is 0 Å². The van der Waals surface area contributed by atoms with Gasteiger partial charge in [0.05, 0.1) is 53.7 Å². The van der Waals surface area contributed by atoms with E-state index in [0.29, 0.717) is 35.7 Å². The molecule has 2 bridgehead atoms. The minimum Gasteiger partial charge on any atom is -0.459 e. The van der Waals surface area contributed by atoms with Gasteiger partial charge in [0.15, 0.2) is 10.9 Å². The average molecular weight is 426 g/mol. The highest BCUT2D eigenvalue weighted by atomic mass is 32.1. The van der Waals surface area contributed by atoms with Gasteiger partial charge in [-0.1, -0.05) is 23.5 Å². The number of fused-ring (bicyclic) bond motifs is 4. The Labute approximate surface area is 177 Å². The maximum atomic E-state index is 12.2. The Morgan fingerprint density at radius 2 is 2.23 bits per heavy atom. The number of nitrogens with two attached hydrogens (primary N) is 1. The van der Waals surface area contributed by atoms with E-state index >= 15 is 0 Å². The number of carbonyl (C=O) groups is 1. The summed E-state index contributed by atoms with van der Waals surface area (Å²) in [6, 6.07) is 7.81. The zero-order valence-electron chi connectivity index (χ0n) is 16.7. The van der Waals surface area contributed by atoms with Crippen molar-refractivity contribution in [3.8, 4) is 11.3 Å². The van der Waals surface area contributed by atoms with Crippen LogP contribution in [-0.4, -0.2) is 41.3 Å². The van der Waals surface area contributed by atoms with Gasteiger partial charge in [-0.05, 0) is 26.0 Å². The summed E-state index contributed by atoms with van der Waals surface area (Å²) in [4.78, 5) is 24.5. The molecule has 8 nitrogen and oxygen atoms in total. The van der Waals surface area contributed by atoms with Gasteiger partial charge in [-0.2, -0.15) is 0 Å². The van der Waals surface area contributed by atoms with Gasteiger partial charge in [0.1, 0.15) is 0 Å². The maximum absolute atomic E-state index is 12.2. The van der Waals surface area contributed by atoms with Crippen molar-refractivity contribution in [2.45, 2.75) is 38.5 Å². The summed E-state index contributed by atoms with van der Waals surface area (Å²) in [5.74, 6) is 0.238. The van der Waals surface area contributed by atoms with Crippen molar-refractivity contribution in [3.63, 3.8) is 0 Å². The number of esters is 1. The molecule has 156 valence electrons. The van der Waals surface area contributed by atoms with Crippen LogP contribution in [0.15, 0.2) is 34.9 Å². The summed E-state index contributed by atoms with van der Waals surface area (Å²) in [6.07, 6.45) is 2.26. The summed E-state index contributed by atoms with van der Waals surface area (Å²) >= 11 is 1.49. The molecular formula is C21H22N4O4S. The molecule has 3 aromatic rings. The van der Waals surface area contributed by atoms with Gasteiger partial charge in [-0.25, -0.2) is 14.8 Å².